The Morgan fingerprint density at radius 2 is 2.30 bits per heavy atom. The summed E-state index contributed by atoms with van der Waals surface area (Å²) >= 11 is 0. The standard InChI is InChI=1S/C7H13NO2/c1-3-6(4-2)7(9)10-5-8/h3H,4-5,8H2,1-2H3. The van der Waals surface area contributed by atoms with E-state index in [-0.39, 0.29) is 12.7 Å². The molecule has 0 aromatic rings. The van der Waals surface area contributed by atoms with Gasteiger partial charge in [-0.2, -0.15) is 0 Å². The molecular formula is C7H13NO2. The predicted octanol–water partition coefficient (Wildman–Crippen LogP) is 0.802. The number of rotatable bonds is 3. The summed E-state index contributed by atoms with van der Waals surface area (Å²) in [6.07, 6.45) is 2.42. The highest BCUT2D eigenvalue weighted by Crippen LogP contribution is 2.01. The molecule has 0 spiro atoms. The third-order valence-corrected chi connectivity index (χ3v) is 1.21. The molecule has 0 saturated carbocycles. The first-order valence-electron chi connectivity index (χ1n) is 3.28. The minimum absolute atomic E-state index is 0.0455. The van der Waals surface area contributed by atoms with Crippen LogP contribution in [-0.2, 0) is 9.53 Å². The van der Waals surface area contributed by atoms with Gasteiger partial charge in [0.05, 0.1) is 0 Å². The summed E-state index contributed by atoms with van der Waals surface area (Å²) in [6.45, 7) is 3.65. The van der Waals surface area contributed by atoms with Crippen molar-refractivity contribution in [1.82, 2.24) is 0 Å². The van der Waals surface area contributed by atoms with E-state index >= 15 is 0 Å². The van der Waals surface area contributed by atoms with Crippen LogP contribution in [-0.4, -0.2) is 12.7 Å². The minimum atomic E-state index is -0.312. The van der Waals surface area contributed by atoms with Gasteiger partial charge in [-0.25, -0.2) is 4.79 Å². The summed E-state index contributed by atoms with van der Waals surface area (Å²) < 4.78 is 4.56. The normalized spacial score (nSPS) is 11.3. The topological polar surface area (TPSA) is 52.3 Å². The van der Waals surface area contributed by atoms with Crippen LogP contribution in [0.25, 0.3) is 0 Å². The van der Waals surface area contributed by atoms with Crippen molar-refractivity contribution in [3.05, 3.63) is 11.6 Å². The maximum Gasteiger partial charge on any atom is 0.334 e. The third kappa shape index (κ3) is 2.64. The number of carbonyl (C=O) groups is 1. The van der Waals surface area contributed by atoms with Gasteiger partial charge in [0, 0.05) is 5.57 Å². The van der Waals surface area contributed by atoms with Crippen LogP contribution in [0, 0.1) is 0 Å². The molecule has 2 N–H and O–H groups in total. The Bertz CT molecular complexity index is 141. The van der Waals surface area contributed by atoms with Crippen LogP contribution in [0.3, 0.4) is 0 Å². The van der Waals surface area contributed by atoms with Crippen LogP contribution in [0.15, 0.2) is 11.6 Å². The number of hydrogen-bond donors (Lipinski definition) is 1. The van der Waals surface area contributed by atoms with Crippen molar-refractivity contribution in [2.24, 2.45) is 5.73 Å². The number of ether oxygens (including phenoxy) is 1. The fraction of sp³-hybridized carbons (Fsp3) is 0.571. The van der Waals surface area contributed by atoms with Crippen LogP contribution < -0.4 is 5.73 Å². The van der Waals surface area contributed by atoms with Crippen molar-refractivity contribution >= 4 is 5.97 Å². The zero-order chi connectivity index (χ0) is 7.98. The Morgan fingerprint density at radius 3 is 2.60 bits per heavy atom. The largest absolute Gasteiger partial charge is 0.447 e. The Labute approximate surface area is 60.9 Å². The van der Waals surface area contributed by atoms with Crippen LogP contribution in [0.2, 0.25) is 0 Å². The number of esters is 1. The predicted molar refractivity (Wildman–Crippen MR) is 39.2 cm³/mol. The number of allylic oxidation sites excluding steroid dienone is 1. The van der Waals surface area contributed by atoms with Gasteiger partial charge in [-0.3, -0.25) is 5.73 Å². The van der Waals surface area contributed by atoms with Crippen LogP contribution >= 0.6 is 0 Å². The molecule has 3 nitrogen and oxygen atoms in total. The molecule has 0 radical (unpaired) electrons. The summed E-state index contributed by atoms with van der Waals surface area (Å²) in [5.41, 5.74) is 5.68. The Balaban J connectivity index is 3.91. The van der Waals surface area contributed by atoms with E-state index in [2.05, 4.69) is 4.74 Å². The molecule has 0 bridgehead atoms. The van der Waals surface area contributed by atoms with Crippen LogP contribution in [0.5, 0.6) is 0 Å². The molecular weight excluding hydrogens is 130 g/mol. The van der Waals surface area contributed by atoms with E-state index in [9.17, 15) is 4.79 Å². The highest BCUT2D eigenvalue weighted by atomic mass is 16.5. The zero-order valence-electron chi connectivity index (χ0n) is 6.39. The molecule has 0 heterocycles. The van der Waals surface area contributed by atoms with E-state index < -0.39 is 0 Å². The molecule has 0 unspecified atom stereocenters. The van der Waals surface area contributed by atoms with Gasteiger partial charge in [0.25, 0.3) is 0 Å². The first-order valence-corrected chi connectivity index (χ1v) is 3.28. The molecule has 3 heteroatoms. The van der Waals surface area contributed by atoms with Gasteiger partial charge < -0.3 is 4.74 Å². The van der Waals surface area contributed by atoms with Gasteiger partial charge in [0.2, 0.25) is 0 Å². The van der Waals surface area contributed by atoms with Gasteiger partial charge in [-0.1, -0.05) is 13.0 Å². The zero-order valence-corrected chi connectivity index (χ0v) is 6.39. The van der Waals surface area contributed by atoms with Gasteiger partial charge >= 0.3 is 5.97 Å². The molecule has 0 saturated heterocycles. The summed E-state index contributed by atoms with van der Waals surface area (Å²) in [4.78, 5) is 10.8. The number of hydrogen-bond acceptors (Lipinski definition) is 3. The molecule has 0 rings (SSSR count). The van der Waals surface area contributed by atoms with E-state index in [0.717, 1.165) is 0 Å². The van der Waals surface area contributed by atoms with Crippen molar-refractivity contribution in [2.45, 2.75) is 20.3 Å². The summed E-state index contributed by atoms with van der Waals surface area (Å²) in [5, 5.41) is 0. The Kier molecular flexibility index (Phi) is 4.58. The first kappa shape index (κ1) is 9.17. The van der Waals surface area contributed by atoms with E-state index in [1.54, 1.807) is 13.0 Å². The second-order valence-electron chi connectivity index (χ2n) is 1.77. The monoisotopic (exact) mass is 143 g/mol. The highest BCUT2D eigenvalue weighted by molar-refractivity contribution is 5.88. The molecule has 0 aliphatic heterocycles. The quantitative estimate of drug-likeness (QED) is 0.361. The second kappa shape index (κ2) is 4.99. The van der Waals surface area contributed by atoms with Gasteiger partial charge in [0.1, 0.15) is 6.73 Å². The van der Waals surface area contributed by atoms with Gasteiger partial charge in [-0.15, -0.1) is 0 Å². The fourth-order valence-electron chi connectivity index (χ4n) is 0.635. The molecule has 0 aliphatic carbocycles. The smallest absolute Gasteiger partial charge is 0.334 e. The molecule has 0 amide bonds. The van der Waals surface area contributed by atoms with Crippen molar-refractivity contribution in [3.8, 4) is 0 Å². The minimum Gasteiger partial charge on any atom is -0.447 e. The average molecular weight is 143 g/mol. The first-order chi connectivity index (χ1) is 4.76. The molecule has 58 valence electrons. The van der Waals surface area contributed by atoms with E-state index in [1.807, 2.05) is 6.92 Å². The van der Waals surface area contributed by atoms with E-state index in [0.29, 0.717) is 12.0 Å². The molecule has 0 atom stereocenters. The summed E-state index contributed by atoms with van der Waals surface area (Å²) in [7, 11) is 0. The van der Waals surface area contributed by atoms with Crippen molar-refractivity contribution in [3.63, 3.8) is 0 Å². The van der Waals surface area contributed by atoms with Crippen LogP contribution in [0.1, 0.15) is 20.3 Å². The lowest BCUT2D eigenvalue weighted by molar-refractivity contribution is -0.138. The lowest BCUT2D eigenvalue weighted by Gasteiger charge is -2.01. The lowest BCUT2D eigenvalue weighted by Crippen LogP contribution is -2.13. The maximum absolute atomic E-state index is 10.8. The average Bonchev–Trinajstić information content (AvgIpc) is 1.91. The fourth-order valence-corrected chi connectivity index (χ4v) is 0.635. The number of nitrogens with two attached hydrogens (primary N) is 1. The van der Waals surface area contributed by atoms with Crippen LogP contribution in [0.4, 0.5) is 0 Å². The Morgan fingerprint density at radius 1 is 1.70 bits per heavy atom. The van der Waals surface area contributed by atoms with Crippen molar-refractivity contribution in [1.29, 1.82) is 0 Å². The molecule has 10 heavy (non-hydrogen) atoms. The van der Waals surface area contributed by atoms with Crippen molar-refractivity contribution in [2.75, 3.05) is 6.73 Å². The maximum atomic E-state index is 10.8. The Hall–Kier alpha value is -0.830. The second-order valence-corrected chi connectivity index (χ2v) is 1.77. The third-order valence-electron chi connectivity index (χ3n) is 1.21. The van der Waals surface area contributed by atoms with Crippen molar-refractivity contribution < 1.29 is 9.53 Å². The SMILES string of the molecule is CC=C(CC)C(=O)OCN. The lowest BCUT2D eigenvalue weighted by atomic mass is 10.2. The highest BCUT2D eigenvalue weighted by Gasteiger charge is 2.04. The molecule has 0 aromatic carbocycles. The van der Waals surface area contributed by atoms with E-state index in [1.165, 1.54) is 0 Å². The van der Waals surface area contributed by atoms with Gasteiger partial charge in [0.15, 0.2) is 0 Å². The van der Waals surface area contributed by atoms with E-state index in [4.69, 9.17) is 5.73 Å². The summed E-state index contributed by atoms with van der Waals surface area (Å²) in [5.74, 6) is -0.312. The summed E-state index contributed by atoms with van der Waals surface area (Å²) in [6, 6.07) is 0. The molecule has 0 aromatic heterocycles. The van der Waals surface area contributed by atoms with Gasteiger partial charge in [-0.05, 0) is 13.3 Å². The number of carbonyl (C=O) groups excluding carboxylic acids is 1. The molecule has 0 aliphatic rings. The molecule has 0 fully saturated rings.